The summed E-state index contributed by atoms with van der Waals surface area (Å²) in [5, 5.41) is 3.59. The maximum Gasteiger partial charge on any atom is 0.263 e. The quantitative estimate of drug-likeness (QED) is 0.920. The Morgan fingerprint density at radius 2 is 1.95 bits per heavy atom. The van der Waals surface area contributed by atoms with Crippen LogP contribution >= 0.6 is 34.5 Å². The summed E-state index contributed by atoms with van der Waals surface area (Å²) in [5.74, 6) is -0.163. The Balaban J connectivity index is 2.10. The highest BCUT2D eigenvalue weighted by Crippen LogP contribution is 2.23. The van der Waals surface area contributed by atoms with Crippen LogP contribution in [-0.2, 0) is 0 Å². The lowest BCUT2D eigenvalue weighted by Crippen LogP contribution is -2.26. The molecule has 19 heavy (non-hydrogen) atoms. The molecule has 0 spiro atoms. The van der Waals surface area contributed by atoms with Crippen molar-refractivity contribution in [2.24, 2.45) is 0 Å². The van der Waals surface area contributed by atoms with Gasteiger partial charge in [0.05, 0.1) is 11.7 Å². The molecule has 2 rings (SSSR count). The minimum atomic E-state index is -0.163. The summed E-state index contributed by atoms with van der Waals surface area (Å²) >= 11 is 12.8. The van der Waals surface area contributed by atoms with Gasteiger partial charge in [-0.1, -0.05) is 46.7 Å². The van der Waals surface area contributed by atoms with Crippen molar-refractivity contribution in [2.45, 2.75) is 19.9 Å². The Labute approximate surface area is 125 Å². The van der Waals surface area contributed by atoms with Crippen molar-refractivity contribution in [3.63, 3.8) is 0 Å². The molecule has 1 atom stereocenters. The van der Waals surface area contributed by atoms with Gasteiger partial charge in [0.15, 0.2) is 4.47 Å². The summed E-state index contributed by atoms with van der Waals surface area (Å²) in [6.45, 7) is 3.68. The van der Waals surface area contributed by atoms with Gasteiger partial charge < -0.3 is 5.32 Å². The number of thiazole rings is 1. The first-order valence-electron chi connectivity index (χ1n) is 5.66. The van der Waals surface area contributed by atoms with Crippen molar-refractivity contribution in [3.05, 3.63) is 49.9 Å². The Morgan fingerprint density at radius 3 is 2.47 bits per heavy atom. The number of benzene rings is 1. The molecule has 0 radical (unpaired) electrons. The average molecular weight is 315 g/mol. The maximum absolute atomic E-state index is 12.1. The van der Waals surface area contributed by atoms with Crippen LogP contribution in [0.15, 0.2) is 24.3 Å². The number of hydrogen-bond donors (Lipinski definition) is 1. The van der Waals surface area contributed by atoms with Gasteiger partial charge in [0.1, 0.15) is 4.88 Å². The second-order valence-corrected chi connectivity index (χ2v) is 6.15. The van der Waals surface area contributed by atoms with E-state index >= 15 is 0 Å². The SMILES string of the molecule is Cc1nc(Cl)sc1C(=O)N[C@@H](C)c1ccc(Cl)cc1. The molecule has 0 saturated carbocycles. The second kappa shape index (κ2) is 5.90. The molecular formula is C13H12Cl2N2OS. The van der Waals surface area contributed by atoms with Crippen LogP contribution in [0.3, 0.4) is 0 Å². The molecule has 6 heteroatoms. The Bertz CT molecular complexity index is 595. The number of carbonyl (C=O) groups excluding carboxylic acids is 1. The first kappa shape index (κ1) is 14.3. The van der Waals surface area contributed by atoms with E-state index < -0.39 is 0 Å². The molecule has 1 N–H and O–H groups in total. The zero-order valence-corrected chi connectivity index (χ0v) is 12.7. The van der Waals surface area contributed by atoms with E-state index in [-0.39, 0.29) is 11.9 Å². The minimum absolute atomic E-state index is 0.106. The van der Waals surface area contributed by atoms with Crippen molar-refractivity contribution >= 4 is 40.4 Å². The Kier molecular flexibility index (Phi) is 4.45. The van der Waals surface area contributed by atoms with Gasteiger partial charge in [0, 0.05) is 5.02 Å². The first-order valence-corrected chi connectivity index (χ1v) is 7.24. The number of rotatable bonds is 3. The topological polar surface area (TPSA) is 42.0 Å². The number of nitrogens with one attached hydrogen (secondary N) is 1. The van der Waals surface area contributed by atoms with E-state index in [4.69, 9.17) is 23.2 Å². The number of amides is 1. The van der Waals surface area contributed by atoms with Crippen LogP contribution in [0.1, 0.15) is 33.9 Å². The number of hydrogen-bond acceptors (Lipinski definition) is 3. The van der Waals surface area contributed by atoms with Gasteiger partial charge in [0.2, 0.25) is 0 Å². The Hall–Kier alpha value is -1.10. The third-order valence-corrected chi connectivity index (χ3v) is 4.21. The van der Waals surface area contributed by atoms with Crippen LogP contribution in [0.5, 0.6) is 0 Å². The van der Waals surface area contributed by atoms with Crippen molar-refractivity contribution in [1.82, 2.24) is 10.3 Å². The third kappa shape index (κ3) is 3.47. The average Bonchev–Trinajstić information content (AvgIpc) is 2.69. The maximum atomic E-state index is 12.1. The Morgan fingerprint density at radius 1 is 1.32 bits per heavy atom. The van der Waals surface area contributed by atoms with Crippen molar-refractivity contribution in [3.8, 4) is 0 Å². The second-order valence-electron chi connectivity index (χ2n) is 4.13. The lowest BCUT2D eigenvalue weighted by atomic mass is 10.1. The molecule has 1 aromatic heterocycles. The highest BCUT2D eigenvalue weighted by atomic mass is 35.5. The molecule has 0 aliphatic heterocycles. The predicted molar refractivity (Wildman–Crippen MR) is 79.2 cm³/mol. The highest BCUT2D eigenvalue weighted by Gasteiger charge is 2.17. The van der Waals surface area contributed by atoms with Crippen LogP contribution in [0.2, 0.25) is 9.49 Å². The van der Waals surface area contributed by atoms with Crippen LogP contribution in [0.4, 0.5) is 0 Å². The molecule has 1 heterocycles. The molecule has 1 amide bonds. The zero-order chi connectivity index (χ0) is 14.0. The van der Waals surface area contributed by atoms with E-state index in [0.717, 1.165) is 5.56 Å². The first-order chi connectivity index (χ1) is 8.97. The number of halogens is 2. The van der Waals surface area contributed by atoms with E-state index in [9.17, 15) is 4.79 Å². The van der Waals surface area contributed by atoms with Crippen LogP contribution in [0.25, 0.3) is 0 Å². The van der Waals surface area contributed by atoms with Gasteiger partial charge >= 0.3 is 0 Å². The van der Waals surface area contributed by atoms with Crippen molar-refractivity contribution < 1.29 is 4.79 Å². The number of aromatic nitrogens is 1. The van der Waals surface area contributed by atoms with Gasteiger partial charge in [-0.05, 0) is 31.5 Å². The van der Waals surface area contributed by atoms with Crippen LogP contribution in [0, 0.1) is 6.92 Å². The fourth-order valence-electron chi connectivity index (χ4n) is 1.67. The number of nitrogens with zero attached hydrogens (tertiary/aromatic N) is 1. The molecule has 0 aliphatic carbocycles. The van der Waals surface area contributed by atoms with Crippen molar-refractivity contribution in [2.75, 3.05) is 0 Å². The van der Waals surface area contributed by atoms with Gasteiger partial charge in [-0.3, -0.25) is 4.79 Å². The lowest BCUT2D eigenvalue weighted by molar-refractivity contribution is 0.0943. The van der Waals surface area contributed by atoms with E-state index in [1.54, 1.807) is 19.1 Å². The highest BCUT2D eigenvalue weighted by molar-refractivity contribution is 7.17. The number of carbonyl (C=O) groups is 1. The fraction of sp³-hybridized carbons (Fsp3) is 0.231. The molecule has 0 saturated heterocycles. The van der Waals surface area contributed by atoms with Crippen LogP contribution < -0.4 is 5.32 Å². The summed E-state index contributed by atoms with van der Waals surface area (Å²) < 4.78 is 0.377. The summed E-state index contributed by atoms with van der Waals surface area (Å²) in [6, 6.07) is 7.27. The molecule has 0 unspecified atom stereocenters. The third-order valence-electron chi connectivity index (χ3n) is 2.69. The molecule has 2 aromatic rings. The minimum Gasteiger partial charge on any atom is -0.345 e. The lowest BCUT2D eigenvalue weighted by Gasteiger charge is -2.13. The largest absolute Gasteiger partial charge is 0.345 e. The molecule has 0 fully saturated rings. The van der Waals surface area contributed by atoms with Gasteiger partial charge in [-0.2, -0.15) is 0 Å². The molecule has 1 aromatic carbocycles. The summed E-state index contributed by atoms with van der Waals surface area (Å²) in [4.78, 5) is 16.7. The smallest absolute Gasteiger partial charge is 0.263 e. The van der Waals surface area contributed by atoms with Gasteiger partial charge in [-0.15, -0.1) is 0 Å². The molecular weight excluding hydrogens is 303 g/mol. The van der Waals surface area contributed by atoms with Gasteiger partial charge in [-0.25, -0.2) is 4.98 Å². The van der Waals surface area contributed by atoms with E-state index in [2.05, 4.69) is 10.3 Å². The van der Waals surface area contributed by atoms with E-state index in [1.807, 2.05) is 19.1 Å². The monoisotopic (exact) mass is 314 g/mol. The number of aryl methyl sites for hydroxylation is 1. The summed E-state index contributed by atoms with van der Waals surface area (Å²) in [7, 11) is 0. The van der Waals surface area contributed by atoms with Crippen molar-refractivity contribution in [1.29, 1.82) is 0 Å². The predicted octanol–water partition coefficient (Wildman–Crippen LogP) is 4.25. The van der Waals surface area contributed by atoms with E-state index in [0.29, 0.717) is 20.1 Å². The normalized spacial score (nSPS) is 12.2. The van der Waals surface area contributed by atoms with Gasteiger partial charge in [0.25, 0.3) is 5.91 Å². The standard InChI is InChI=1S/C13H12Cl2N2OS/c1-7(9-3-5-10(14)6-4-9)16-12(18)11-8(2)17-13(15)19-11/h3-7H,1-2H3,(H,16,18)/t7-/m0/s1. The van der Waals surface area contributed by atoms with Crippen LogP contribution in [-0.4, -0.2) is 10.9 Å². The summed E-state index contributed by atoms with van der Waals surface area (Å²) in [6.07, 6.45) is 0. The fourth-order valence-corrected chi connectivity index (χ4v) is 2.85. The zero-order valence-electron chi connectivity index (χ0n) is 10.4. The van der Waals surface area contributed by atoms with E-state index in [1.165, 1.54) is 11.3 Å². The molecule has 3 nitrogen and oxygen atoms in total. The summed E-state index contributed by atoms with van der Waals surface area (Å²) in [5.41, 5.74) is 1.64. The molecule has 0 bridgehead atoms. The molecule has 100 valence electrons. The molecule has 0 aliphatic rings.